The van der Waals surface area contributed by atoms with Gasteiger partial charge in [0.05, 0.1) is 6.61 Å². The number of aliphatic hydroxyl groups excluding tert-OH is 1. The Morgan fingerprint density at radius 3 is 2.43 bits per heavy atom. The normalized spacial score (nSPS) is 16.4. The summed E-state index contributed by atoms with van der Waals surface area (Å²) < 4.78 is 10.5. The molecule has 14 heavy (non-hydrogen) atoms. The highest BCUT2D eigenvalue weighted by Crippen LogP contribution is 2.22. The number of rotatable bonds is 7. The highest BCUT2D eigenvalue weighted by Gasteiger charge is 2.30. The SMILES string of the molecule is CCOC(C)OC(C=O)C(C)(C)CO. The van der Waals surface area contributed by atoms with Gasteiger partial charge in [0.1, 0.15) is 12.4 Å². The molecule has 2 unspecified atom stereocenters. The van der Waals surface area contributed by atoms with Crippen molar-refractivity contribution in [3.05, 3.63) is 0 Å². The fourth-order valence-electron chi connectivity index (χ4n) is 0.971. The molecule has 4 nitrogen and oxygen atoms in total. The van der Waals surface area contributed by atoms with Crippen LogP contribution >= 0.6 is 0 Å². The molecule has 0 fully saturated rings. The molecule has 0 aliphatic carbocycles. The zero-order chi connectivity index (χ0) is 11.2. The third-order valence-electron chi connectivity index (χ3n) is 2.04. The largest absolute Gasteiger partial charge is 0.396 e. The first-order valence-corrected chi connectivity index (χ1v) is 4.81. The lowest BCUT2D eigenvalue weighted by Gasteiger charge is -2.30. The summed E-state index contributed by atoms with van der Waals surface area (Å²) in [5.41, 5.74) is -0.576. The fraction of sp³-hybridized carbons (Fsp3) is 0.900. The zero-order valence-electron chi connectivity index (χ0n) is 9.32. The topological polar surface area (TPSA) is 55.8 Å². The molecule has 0 aromatic rings. The average molecular weight is 204 g/mol. The Morgan fingerprint density at radius 1 is 1.50 bits per heavy atom. The van der Waals surface area contributed by atoms with Crippen LogP contribution in [0.1, 0.15) is 27.7 Å². The maximum absolute atomic E-state index is 10.8. The summed E-state index contributed by atoms with van der Waals surface area (Å²) in [4.78, 5) is 10.8. The van der Waals surface area contributed by atoms with Gasteiger partial charge >= 0.3 is 0 Å². The first kappa shape index (κ1) is 13.5. The second-order valence-corrected chi connectivity index (χ2v) is 3.86. The maximum atomic E-state index is 10.8. The first-order chi connectivity index (χ1) is 6.47. The van der Waals surface area contributed by atoms with Crippen molar-refractivity contribution in [3.63, 3.8) is 0 Å². The first-order valence-electron chi connectivity index (χ1n) is 4.81. The molecule has 0 amide bonds. The van der Waals surface area contributed by atoms with Gasteiger partial charge in [0.15, 0.2) is 6.29 Å². The molecule has 0 radical (unpaired) electrons. The predicted octanol–water partition coefficient (Wildman–Crippen LogP) is 0.972. The Labute approximate surface area is 85.2 Å². The van der Waals surface area contributed by atoms with E-state index in [0.717, 1.165) is 0 Å². The van der Waals surface area contributed by atoms with Crippen molar-refractivity contribution in [2.75, 3.05) is 13.2 Å². The molecule has 0 aliphatic heterocycles. The van der Waals surface area contributed by atoms with Crippen LogP contribution in [0.5, 0.6) is 0 Å². The average Bonchev–Trinajstić information content (AvgIpc) is 2.14. The van der Waals surface area contributed by atoms with Crippen molar-refractivity contribution in [1.29, 1.82) is 0 Å². The summed E-state index contributed by atoms with van der Waals surface area (Å²) in [7, 11) is 0. The molecule has 0 rings (SSSR count). The standard InChI is InChI=1S/C10H20O4/c1-5-13-8(2)14-9(6-11)10(3,4)7-12/h6,8-9,12H,5,7H2,1-4H3. The molecule has 2 atom stereocenters. The van der Waals surface area contributed by atoms with Gasteiger partial charge < -0.3 is 19.4 Å². The number of aldehydes is 1. The summed E-state index contributed by atoms with van der Waals surface area (Å²) in [6.07, 6.45) is -0.374. The van der Waals surface area contributed by atoms with Crippen LogP contribution in [0.4, 0.5) is 0 Å². The minimum Gasteiger partial charge on any atom is -0.396 e. The third-order valence-corrected chi connectivity index (χ3v) is 2.04. The molecule has 0 bridgehead atoms. The summed E-state index contributed by atoms with van der Waals surface area (Å²) in [5, 5.41) is 9.06. The van der Waals surface area contributed by atoms with Crippen LogP contribution in [-0.2, 0) is 14.3 Å². The van der Waals surface area contributed by atoms with Crippen LogP contribution in [0.15, 0.2) is 0 Å². The van der Waals surface area contributed by atoms with Crippen LogP contribution < -0.4 is 0 Å². The lowest BCUT2D eigenvalue weighted by molar-refractivity contribution is -0.185. The molecule has 84 valence electrons. The summed E-state index contributed by atoms with van der Waals surface area (Å²) in [6, 6.07) is 0. The molecule has 4 heteroatoms. The molecule has 0 spiro atoms. The van der Waals surface area contributed by atoms with E-state index in [2.05, 4.69) is 0 Å². The van der Waals surface area contributed by atoms with Crippen LogP contribution in [0.25, 0.3) is 0 Å². The molecule has 1 N–H and O–H groups in total. The van der Waals surface area contributed by atoms with Gasteiger partial charge in [-0.05, 0) is 13.8 Å². The van der Waals surface area contributed by atoms with Gasteiger partial charge in [0, 0.05) is 12.0 Å². The quantitative estimate of drug-likeness (QED) is 0.496. The fourth-order valence-corrected chi connectivity index (χ4v) is 0.971. The van der Waals surface area contributed by atoms with E-state index in [9.17, 15) is 4.79 Å². The Kier molecular flexibility index (Phi) is 5.92. The number of hydrogen-bond donors (Lipinski definition) is 1. The molecule has 0 aromatic carbocycles. The Bertz CT molecular complexity index is 168. The molecular weight excluding hydrogens is 184 g/mol. The minimum atomic E-state index is -0.644. The van der Waals surface area contributed by atoms with Crippen LogP contribution in [-0.4, -0.2) is 37.0 Å². The maximum Gasteiger partial charge on any atom is 0.155 e. The highest BCUT2D eigenvalue weighted by atomic mass is 16.7. The van der Waals surface area contributed by atoms with Gasteiger partial charge in [-0.1, -0.05) is 13.8 Å². The number of hydrogen-bond acceptors (Lipinski definition) is 4. The number of carbonyl (C=O) groups is 1. The molecule has 0 aromatic heterocycles. The van der Waals surface area contributed by atoms with E-state index >= 15 is 0 Å². The van der Waals surface area contributed by atoms with Crippen molar-refractivity contribution in [1.82, 2.24) is 0 Å². The Hall–Kier alpha value is -0.450. The predicted molar refractivity (Wildman–Crippen MR) is 52.9 cm³/mol. The lowest BCUT2D eigenvalue weighted by Crippen LogP contribution is -2.39. The van der Waals surface area contributed by atoms with Gasteiger partial charge in [0.25, 0.3) is 0 Å². The van der Waals surface area contributed by atoms with E-state index in [1.807, 2.05) is 6.92 Å². The Morgan fingerprint density at radius 2 is 2.07 bits per heavy atom. The van der Waals surface area contributed by atoms with Crippen LogP contribution in [0, 0.1) is 5.41 Å². The van der Waals surface area contributed by atoms with Crippen LogP contribution in [0.2, 0.25) is 0 Å². The third kappa shape index (κ3) is 4.17. The van der Waals surface area contributed by atoms with Gasteiger partial charge in [-0.15, -0.1) is 0 Å². The van der Waals surface area contributed by atoms with E-state index in [1.165, 1.54) is 0 Å². The van der Waals surface area contributed by atoms with Crippen LogP contribution in [0.3, 0.4) is 0 Å². The second kappa shape index (κ2) is 6.11. The molecule has 0 saturated carbocycles. The van der Waals surface area contributed by atoms with Gasteiger partial charge in [0.2, 0.25) is 0 Å². The molecule has 0 aliphatic rings. The van der Waals surface area contributed by atoms with Crippen molar-refractivity contribution in [3.8, 4) is 0 Å². The Balaban J connectivity index is 4.21. The molecular formula is C10H20O4. The van der Waals surface area contributed by atoms with E-state index in [-0.39, 0.29) is 6.61 Å². The lowest BCUT2D eigenvalue weighted by atomic mass is 9.88. The minimum absolute atomic E-state index is 0.102. The van der Waals surface area contributed by atoms with Gasteiger partial charge in [-0.3, -0.25) is 0 Å². The second-order valence-electron chi connectivity index (χ2n) is 3.86. The highest BCUT2D eigenvalue weighted by molar-refractivity contribution is 5.57. The van der Waals surface area contributed by atoms with E-state index < -0.39 is 17.8 Å². The van der Waals surface area contributed by atoms with Crippen molar-refractivity contribution >= 4 is 6.29 Å². The van der Waals surface area contributed by atoms with E-state index in [4.69, 9.17) is 14.6 Å². The summed E-state index contributed by atoms with van der Waals surface area (Å²) >= 11 is 0. The molecule has 0 heterocycles. The summed E-state index contributed by atoms with van der Waals surface area (Å²) in [6.45, 7) is 7.55. The molecule has 0 saturated heterocycles. The number of ether oxygens (including phenoxy) is 2. The van der Waals surface area contributed by atoms with Crippen molar-refractivity contribution in [2.45, 2.75) is 40.1 Å². The summed E-state index contributed by atoms with van der Waals surface area (Å²) in [5.74, 6) is 0. The van der Waals surface area contributed by atoms with Gasteiger partial charge in [-0.25, -0.2) is 0 Å². The number of carbonyl (C=O) groups excluding carboxylic acids is 1. The van der Waals surface area contributed by atoms with E-state index in [1.54, 1.807) is 20.8 Å². The zero-order valence-corrected chi connectivity index (χ0v) is 9.32. The number of aliphatic hydroxyl groups is 1. The van der Waals surface area contributed by atoms with Crippen molar-refractivity contribution in [2.24, 2.45) is 5.41 Å². The monoisotopic (exact) mass is 204 g/mol. The van der Waals surface area contributed by atoms with Crippen molar-refractivity contribution < 1.29 is 19.4 Å². The van der Waals surface area contributed by atoms with Gasteiger partial charge in [-0.2, -0.15) is 0 Å². The smallest absolute Gasteiger partial charge is 0.155 e. The van der Waals surface area contributed by atoms with E-state index in [0.29, 0.717) is 12.9 Å².